The molecule has 1 saturated heterocycles. The smallest absolute Gasteiger partial charge is 0.408 e. The van der Waals surface area contributed by atoms with Crippen LogP contribution in [0.15, 0.2) is 89.9 Å². The molecular weight excluding hydrogens is 630 g/mol. The van der Waals surface area contributed by atoms with E-state index in [4.69, 9.17) is 9.72 Å². The van der Waals surface area contributed by atoms with E-state index in [2.05, 4.69) is 10.6 Å². The number of carbonyl (C=O) groups excluding carboxylic acids is 1. The monoisotopic (exact) mass is 677 g/mol. The topological polar surface area (TPSA) is 110 Å². The molecule has 0 saturated carbocycles. The van der Waals surface area contributed by atoms with Crippen LogP contribution < -0.4 is 5.56 Å². The highest BCUT2D eigenvalue weighted by Crippen LogP contribution is 2.31. The van der Waals surface area contributed by atoms with Crippen LogP contribution >= 0.6 is 0 Å². The number of aromatic nitrogens is 3. The molecule has 10 heteroatoms. The van der Waals surface area contributed by atoms with Gasteiger partial charge in [0.25, 0.3) is 5.56 Å². The van der Waals surface area contributed by atoms with Crippen molar-refractivity contribution in [2.75, 3.05) is 26.8 Å². The Bertz CT molecular complexity index is 2030. The molecular formula is C40H47N5O5. The van der Waals surface area contributed by atoms with Gasteiger partial charge in [-0.3, -0.25) is 19.1 Å². The van der Waals surface area contributed by atoms with E-state index in [0.717, 1.165) is 59.3 Å². The maximum atomic E-state index is 14.1. The Balaban J connectivity index is 1.23. The highest BCUT2D eigenvalue weighted by Gasteiger charge is 2.37. The Morgan fingerprint density at radius 1 is 1.02 bits per heavy atom. The Hall–Kier alpha value is -4.96. The molecule has 1 aliphatic heterocycles. The summed E-state index contributed by atoms with van der Waals surface area (Å²) in [6.45, 7) is 8.18. The molecule has 2 amide bonds. The summed E-state index contributed by atoms with van der Waals surface area (Å²) in [6.07, 6.45) is 3.76. The number of methoxy groups -OCH3 is 1. The van der Waals surface area contributed by atoms with E-state index in [-0.39, 0.29) is 23.8 Å². The van der Waals surface area contributed by atoms with Crippen molar-refractivity contribution in [1.29, 1.82) is 0 Å². The van der Waals surface area contributed by atoms with Crippen LogP contribution in [0.5, 0.6) is 0 Å². The highest BCUT2D eigenvalue weighted by atomic mass is 16.5. The Kier molecular flexibility index (Phi) is 10.4. The van der Waals surface area contributed by atoms with E-state index in [1.807, 2.05) is 98.5 Å². The summed E-state index contributed by atoms with van der Waals surface area (Å²) in [5.74, 6) is 1.01. The number of benzene rings is 3. The van der Waals surface area contributed by atoms with E-state index < -0.39 is 17.7 Å². The molecule has 1 aliphatic rings. The third kappa shape index (κ3) is 7.45. The number of nitrogens with zero attached hydrogens (tertiary/aromatic N) is 5. The Morgan fingerprint density at radius 2 is 1.76 bits per heavy atom. The van der Waals surface area contributed by atoms with Crippen LogP contribution in [0.2, 0.25) is 0 Å². The van der Waals surface area contributed by atoms with Gasteiger partial charge in [-0.15, -0.1) is 0 Å². The number of rotatable bonds is 11. The van der Waals surface area contributed by atoms with E-state index in [0.29, 0.717) is 31.5 Å². The van der Waals surface area contributed by atoms with Crippen LogP contribution in [0.1, 0.15) is 63.8 Å². The number of ether oxygens (including phenoxy) is 1. The minimum atomic E-state index is -1.06. The van der Waals surface area contributed by atoms with Gasteiger partial charge in [-0.1, -0.05) is 42.5 Å². The summed E-state index contributed by atoms with van der Waals surface area (Å²) >= 11 is 0. The Labute approximate surface area is 292 Å². The number of amides is 2. The van der Waals surface area contributed by atoms with Crippen molar-refractivity contribution in [3.63, 3.8) is 0 Å². The van der Waals surface area contributed by atoms with Gasteiger partial charge in [0.05, 0.1) is 11.0 Å². The normalized spacial score (nSPS) is 15.8. The molecule has 50 heavy (non-hydrogen) atoms. The summed E-state index contributed by atoms with van der Waals surface area (Å²) < 4.78 is 9.21. The lowest BCUT2D eigenvalue weighted by molar-refractivity contribution is -0.134. The van der Waals surface area contributed by atoms with Gasteiger partial charge in [-0.25, -0.2) is 9.78 Å². The van der Waals surface area contributed by atoms with Gasteiger partial charge in [0.1, 0.15) is 5.82 Å². The molecule has 0 radical (unpaired) electrons. The van der Waals surface area contributed by atoms with E-state index >= 15 is 0 Å². The van der Waals surface area contributed by atoms with Crippen molar-refractivity contribution in [1.82, 2.24) is 23.9 Å². The summed E-state index contributed by atoms with van der Waals surface area (Å²) in [4.78, 5) is 48.4. The number of fused-ring (bicyclic) bond motifs is 2. The second-order valence-corrected chi connectivity index (χ2v) is 14.3. The average Bonchev–Trinajstić information content (AvgIpc) is 3.47. The average molecular weight is 678 g/mol. The summed E-state index contributed by atoms with van der Waals surface area (Å²) in [5, 5.41) is 11.9. The number of imidazole rings is 1. The Morgan fingerprint density at radius 3 is 2.50 bits per heavy atom. The minimum absolute atomic E-state index is 0.0587. The fourth-order valence-corrected chi connectivity index (χ4v) is 7.46. The van der Waals surface area contributed by atoms with Gasteiger partial charge < -0.3 is 19.3 Å². The second kappa shape index (κ2) is 14.9. The molecule has 3 heterocycles. The molecule has 5 aromatic rings. The first-order chi connectivity index (χ1) is 24.0. The number of hydrogen-bond donors (Lipinski definition) is 1. The lowest BCUT2D eigenvalue weighted by atomic mass is 9.93. The van der Waals surface area contributed by atoms with Gasteiger partial charge in [0, 0.05) is 74.5 Å². The van der Waals surface area contributed by atoms with Gasteiger partial charge >= 0.3 is 6.09 Å². The zero-order valence-electron chi connectivity index (χ0n) is 29.4. The first-order valence-electron chi connectivity index (χ1n) is 17.5. The number of para-hydroxylation sites is 2. The predicted molar refractivity (Wildman–Crippen MR) is 196 cm³/mol. The molecule has 10 nitrogen and oxygen atoms in total. The summed E-state index contributed by atoms with van der Waals surface area (Å²) in [6, 6.07) is 24.6. The second-order valence-electron chi connectivity index (χ2n) is 14.3. The quantitative estimate of drug-likeness (QED) is 0.153. The fraction of sp³-hybridized carbons (Fsp3) is 0.400. The van der Waals surface area contributed by atoms with Crippen LogP contribution in [0.4, 0.5) is 4.79 Å². The van der Waals surface area contributed by atoms with E-state index in [1.165, 1.54) is 4.90 Å². The third-order valence-corrected chi connectivity index (χ3v) is 9.76. The van der Waals surface area contributed by atoms with Gasteiger partial charge in [-0.2, -0.15) is 0 Å². The molecule has 3 aromatic carbocycles. The van der Waals surface area contributed by atoms with Crippen LogP contribution in [0, 0.1) is 0 Å². The standard InChI is InChI=1S/C40H47N5O5/c1-40(2,3)45(39(48)49)32(25-28-16-18-31(19-17-28)43-23-20-29-11-5-6-13-33(29)38(43)47)26-36(46)42-21-9-12-30(27-42)37-41-34-14-7-8-15-35(34)44(37)22-10-24-50-4/h5-8,11,13-20,23,30,32H,9-10,12,21-22,24-27H2,1-4H3,(H,48,49). The molecule has 2 aromatic heterocycles. The number of carboxylic acid groups (broad SMARTS) is 1. The first-order valence-corrected chi connectivity index (χ1v) is 17.5. The maximum absolute atomic E-state index is 14.1. The number of pyridine rings is 1. The number of piperidine rings is 1. The van der Waals surface area contributed by atoms with E-state index in [1.54, 1.807) is 17.9 Å². The first kappa shape index (κ1) is 34.9. The molecule has 0 aliphatic carbocycles. The van der Waals surface area contributed by atoms with Crippen LogP contribution in [-0.2, 0) is 22.5 Å². The lowest BCUT2D eigenvalue weighted by Crippen LogP contribution is -2.54. The van der Waals surface area contributed by atoms with Crippen molar-refractivity contribution in [2.24, 2.45) is 0 Å². The molecule has 262 valence electrons. The molecule has 0 spiro atoms. The zero-order chi connectivity index (χ0) is 35.4. The molecule has 0 bridgehead atoms. The molecule has 1 fully saturated rings. The van der Waals surface area contributed by atoms with Crippen molar-refractivity contribution in [3.8, 4) is 5.69 Å². The van der Waals surface area contributed by atoms with Crippen molar-refractivity contribution >= 4 is 33.8 Å². The van der Waals surface area contributed by atoms with Crippen molar-refractivity contribution in [2.45, 2.75) is 76.9 Å². The number of aryl methyl sites for hydroxylation is 1. The van der Waals surface area contributed by atoms with Crippen LogP contribution in [0.3, 0.4) is 0 Å². The fourth-order valence-electron chi connectivity index (χ4n) is 7.46. The summed E-state index contributed by atoms with van der Waals surface area (Å²) in [7, 11) is 1.71. The highest BCUT2D eigenvalue weighted by molar-refractivity contribution is 5.81. The van der Waals surface area contributed by atoms with Gasteiger partial charge in [-0.05, 0) is 93.8 Å². The SMILES string of the molecule is COCCCn1c(C2CCCN(C(=O)CC(Cc3ccc(-n4ccc5ccccc5c4=O)cc3)N(C(=O)O)C(C)(C)C)C2)nc2ccccc21. The summed E-state index contributed by atoms with van der Waals surface area (Å²) in [5.41, 5.74) is 2.80. The molecule has 2 atom stereocenters. The number of likely N-dealkylation sites (tertiary alicyclic amines) is 1. The maximum Gasteiger partial charge on any atom is 0.408 e. The van der Waals surface area contributed by atoms with Gasteiger partial charge in [0.2, 0.25) is 5.91 Å². The van der Waals surface area contributed by atoms with Crippen LogP contribution in [0.25, 0.3) is 27.5 Å². The number of carbonyl (C=O) groups is 2. The minimum Gasteiger partial charge on any atom is -0.465 e. The van der Waals surface area contributed by atoms with Crippen LogP contribution in [-0.4, -0.2) is 79.4 Å². The molecule has 1 N–H and O–H groups in total. The van der Waals surface area contributed by atoms with E-state index in [9.17, 15) is 19.5 Å². The predicted octanol–water partition coefficient (Wildman–Crippen LogP) is 6.86. The zero-order valence-corrected chi connectivity index (χ0v) is 29.4. The van der Waals surface area contributed by atoms with Gasteiger partial charge in [0.15, 0.2) is 0 Å². The molecule has 6 rings (SSSR count). The van der Waals surface area contributed by atoms with Crippen molar-refractivity contribution < 1.29 is 19.4 Å². The molecule has 2 unspecified atom stereocenters. The largest absolute Gasteiger partial charge is 0.465 e. The van der Waals surface area contributed by atoms with Crippen molar-refractivity contribution in [3.05, 3.63) is 107 Å². The number of hydrogen-bond acceptors (Lipinski definition) is 5. The lowest BCUT2D eigenvalue weighted by Gasteiger charge is -2.41. The third-order valence-electron chi connectivity index (χ3n) is 9.76.